The minimum absolute atomic E-state index is 0.186. The van der Waals surface area contributed by atoms with E-state index in [4.69, 9.17) is 9.72 Å². The molecule has 0 unspecified atom stereocenters. The van der Waals surface area contributed by atoms with Gasteiger partial charge in [0, 0.05) is 69.1 Å². The van der Waals surface area contributed by atoms with Crippen LogP contribution in [0.25, 0.3) is 16.6 Å². The molecule has 0 atom stereocenters. The first-order valence-corrected chi connectivity index (χ1v) is 14.1. The van der Waals surface area contributed by atoms with Crippen LogP contribution in [-0.4, -0.2) is 83.4 Å². The fourth-order valence-electron chi connectivity index (χ4n) is 5.87. The number of nitriles is 1. The zero-order valence-corrected chi connectivity index (χ0v) is 22.5. The number of ether oxygens (including phenoxy) is 1. The summed E-state index contributed by atoms with van der Waals surface area (Å²) >= 11 is 0. The fraction of sp³-hybridized carbons (Fsp3) is 0.517. The molecule has 1 aliphatic carbocycles. The molecule has 39 heavy (non-hydrogen) atoms. The molecule has 6 rings (SSSR count). The van der Waals surface area contributed by atoms with E-state index in [0.29, 0.717) is 17.9 Å². The van der Waals surface area contributed by atoms with Crippen molar-refractivity contribution < 1.29 is 9.53 Å². The summed E-state index contributed by atoms with van der Waals surface area (Å²) in [4.78, 5) is 22.5. The molecule has 10 nitrogen and oxygen atoms in total. The highest BCUT2D eigenvalue weighted by atomic mass is 16.5. The molecule has 2 N–H and O–H groups in total. The van der Waals surface area contributed by atoms with Gasteiger partial charge in [-0.1, -0.05) is 0 Å². The molecule has 2 aliphatic heterocycles. The summed E-state index contributed by atoms with van der Waals surface area (Å²) in [5.74, 6) is 2.07. The number of anilines is 1. The maximum absolute atomic E-state index is 12.8. The van der Waals surface area contributed by atoms with Crippen molar-refractivity contribution >= 4 is 17.2 Å². The maximum Gasteiger partial charge on any atom is 0.223 e. The lowest BCUT2D eigenvalue weighted by Crippen LogP contribution is -2.62. The number of aromatic nitrogens is 3. The van der Waals surface area contributed by atoms with Crippen molar-refractivity contribution in [3.8, 4) is 22.9 Å². The third-order valence-electron chi connectivity index (χ3n) is 8.19. The minimum Gasteiger partial charge on any atom is -0.492 e. The van der Waals surface area contributed by atoms with Crippen molar-refractivity contribution in [2.75, 3.05) is 57.3 Å². The van der Waals surface area contributed by atoms with Gasteiger partial charge in [0.2, 0.25) is 5.91 Å². The molecule has 3 aromatic heterocycles. The van der Waals surface area contributed by atoms with Crippen molar-refractivity contribution in [3.05, 3.63) is 42.4 Å². The van der Waals surface area contributed by atoms with Crippen LogP contribution in [0.1, 0.15) is 38.2 Å². The lowest BCUT2D eigenvalue weighted by atomic mass is 9.86. The van der Waals surface area contributed by atoms with Crippen molar-refractivity contribution in [3.63, 3.8) is 0 Å². The first kappa shape index (κ1) is 25.6. The van der Waals surface area contributed by atoms with E-state index in [1.165, 1.54) is 0 Å². The van der Waals surface area contributed by atoms with Crippen LogP contribution in [0.3, 0.4) is 0 Å². The molecule has 0 bridgehead atoms. The zero-order valence-electron chi connectivity index (χ0n) is 22.5. The molecule has 3 fully saturated rings. The summed E-state index contributed by atoms with van der Waals surface area (Å²) in [6, 6.07) is 8.30. The Kier molecular flexibility index (Phi) is 7.11. The third-order valence-corrected chi connectivity index (χ3v) is 8.19. The molecule has 0 spiro atoms. The molecule has 10 heteroatoms. The number of carbonyl (C=O) groups is 1. The highest BCUT2D eigenvalue weighted by molar-refractivity contribution is 5.85. The number of hydrogen-bond donors (Lipinski definition) is 2. The number of carbonyl (C=O) groups excluding carboxylic acids is 1. The Morgan fingerprint density at radius 2 is 2.00 bits per heavy atom. The van der Waals surface area contributed by atoms with Gasteiger partial charge in [-0.25, -0.2) is 9.50 Å². The number of nitrogens with zero attached hydrogens (tertiary/aromatic N) is 6. The summed E-state index contributed by atoms with van der Waals surface area (Å²) in [7, 11) is 0. The highest BCUT2D eigenvalue weighted by Gasteiger charge is 2.41. The average Bonchev–Trinajstić information content (AvgIpc) is 3.74. The van der Waals surface area contributed by atoms with E-state index in [9.17, 15) is 10.1 Å². The van der Waals surface area contributed by atoms with Gasteiger partial charge in [-0.2, -0.15) is 10.4 Å². The lowest BCUT2D eigenvalue weighted by Gasteiger charge is -2.46. The monoisotopic (exact) mass is 528 g/mol. The molecule has 3 aliphatic rings. The van der Waals surface area contributed by atoms with Gasteiger partial charge in [0.15, 0.2) is 0 Å². The SMILES string of the molecule is CCOc1cc(-c2ccc(N3CCC(CN4CCNCC4)(NC(=O)C4CC4)CC3)nc2)c2c(C#N)cnn2c1. The average molecular weight is 529 g/mol. The van der Waals surface area contributed by atoms with Crippen molar-refractivity contribution in [2.24, 2.45) is 5.92 Å². The van der Waals surface area contributed by atoms with Crippen LogP contribution >= 0.6 is 0 Å². The highest BCUT2D eigenvalue weighted by Crippen LogP contribution is 2.34. The van der Waals surface area contributed by atoms with E-state index in [2.05, 4.69) is 37.7 Å². The number of rotatable bonds is 8. The molecule has 2 saturated heterocycles. The van der Waals surface area contributed by atoms with Gasteiger partial charge in [0.25, 0.3) is 0 Å². The summed E-state index contributed by atoms with van der Waals surface area (Å²) in [5.41, 5.74) is 2.85. The number of hydrogen-bond acceptors (Lipinski definition) is 8. The van der Waals surface area contributed by atoms with Gasteiger partial charge < -0.3 is 20.3 Å². The van der Waals surface area contributed by atoms with E-state index in [1.807, 2.05) is 25.3 Å². The summed E-state index contributed by atoms with van der Waals surface area (Å²) in [6.45, 7) is 9.13. The van der Waals surface area contributed by atoms with E-state index in [0.717, 1.165) is 94.0 Å². The van der Waals surface area contributed by atoms with Crippen LogP contribution < -0.4 is 20.3 Å². The van der Waals surface area contributed by atoms with E-state index in [-0.39, 0.29) is 17.4 Å². The predicted octanol–water partition coefficient (Wildman–Crippen LogP) is 2.44. The standard InChI is InChI=1S/C29H36N8O2/c1-2-39-24-15-25(27-23(16-30)18-33-37(27)19-24)22-5-6-26(32-17-22)36-11-7-29(8-12-36,34-28(38)21-3-4-21)20-35-13-9-31-10-14-35/h5-6,15,17-19,21,31H,2-4,7-14,20H2,1H3,(H,34,38). The van der Waals surface area contributed by atoms with E-state index >= 15 is 0 Å². The Morgan fingerprint density at radius 3 is 2.67 bits per heavy atom. The largest absolute Gasteiger partial charge is 0.492 e. The van der Waals surface area contributed by atoms with E-state index < -0.39 is 0 Å². The van der Waals surface area contributed by atoms with Gasteiger partial charge >= 0.3 is 0 Å². The molecule has 1 amide bonds. The number of piperazine rings is 1. The fourth-order valence-corrected chi connectivity index (χ4v) is 5.87. The second-order valence-corrected chi connectivity index (χ2v) is 10.9. The Morgan fingerprint density at radius 1 is 1.21 bits per heavy atom. The Hall–Kier alpha value is -3.68. The second-order valence-electron chi connectivity index (χ2n) is 10.9. The van der Waals surface area contributed by atoms with Crippen molar-refractivity contribution in [2.45, 2.75) is 38.1 Å². The summed E-state index contributed by atoms with van der Waals surface area (Å²) in [5, 5.41) is 20.9. The topological polar surface area (TPSA) is 111 Å². The number of pyridine rings is 2. The lowest BCUT2D eigenvalue weighted by molar-refractivity contribution is -0.124. The van der Waals surface area contributed by atoms with Gasteiger partial charge in [0.1, 0.15) is 17.6 Å². The van der Waals surface area contributed by atoms with Crippen LogP contribution in [0.5, 0.6) is 5.75 Å². The number of fused-ring (bicyclic) bond motifs is 1. The number of amides is 1. The molecule has 0 radical (unpaired) electrons. The molecular weight excluding hydrogens is 492 g/mol. The Balaban J connectivity index is 1.20. The number of piperidine rings is 1. The molecule has 0 aromatic carbocycles. The minimum atomic E-state index is -0.186. The molecule has 3 aromatic rings. The molecular formula is C29H36N8O2. The zero-order chi connectivity index (χ0) is 26.8. The van der Waals surface area contributed by atoms with Crippen molar-refractivity contribution in [1.82, 2.24) is 30.1 Å². The van der Waals surface area contributed by atoms with Crippen LogP contribution in [0.4, 0.5) is 5.82 Å². The summed E-state index contributed by atoms with van der Waals surface area (Å²) in [6.07, 6.45) is 9.09. The summed E-state index contributed by atoms with van der Waals surface area (Å²) < 4.78 is 7.45. The van der Waals surface area contributed by atoms with Crippen LogP contribution in [0, 0.1) is 17.2 Å². The van der Waals surface area contributed by atoms with Gasteiger partial charge in [-0.05, 0) is 50.8 Å². The predicted molar refractivity (Wildman–Crippen MR) is 149 cm³/mol. The molecule has 204 valence electrons. The van der Waals surface area contributed by atoms with Gasteiger partial charge in [-0.3, -0.25) is 9.69 Å². The maximum atomic E-state index is 12.8. The van der Waals surface area contributed by atoms with Gasteiger partial charge in [-0.15, -0.1) is 0 Å². The second kappa shape index (κ2) is 10.8. The first-order valence-electron chi connectivity index (χ1n) is 14.1. The smallest absolute Gasteiger partial charge is 0.223 e. The van der Waals surface area contributed by atoms with Gasteiger partial charge in [0.05, 0.1) is 35.6 Å². The molecule has 1 saturated carbocycles. The Bertz CT molecular complexity index is 1360. The number of nitrogens with one attached hydrogen (secondary N) is 2. The van der Waals surface area contributed by atoms with Crippen LogP contribution in [0.15, 0.2) is 36.8 Å². The van der Waals surface area contributed by atoms with Crippen LogP contribution in [0.2, 0.25) is 0 Å². The molecule has 5 heterocycles. The first-order chi connectivity index (χ1) is 19.1. The van der Waals surface area contributed by atoms with E-state index in [1.54, 1.807) is 16.9 Å². The van der Waals surface area contributed by atoms with Crippen LogP contribution in [-0.2, 0) is 4.79 Å². The Labute approximate surface area is 228 Å². The normalized spacial score (nSPS) is 19.5. The quantitative estimate of drug-likeness (QED) is 0.459. The van der Waals surface area contributed by atoms with Crippen molar-refractivity contribution in [1.29, 1.82) is 5.26 Å². The third kappa shape index (κ3) is 5.42.